The fourth-order valence-electron chi connectivity index (χ4n) is 2.59. The minimum absolute atomic E-state index is 0.0104. The van der Waals surface area contributed by atoms with Crippen LogP contribution in [0.2, 0.25) is 10.0 Å². The van der Waals surface area contributed by atoms with Gasteiger partial charge in [0.05, 0.1) is 16.6 Å². The molecule has 23 heavy (non-hydrogen) atoms. The van der Waals surface area contributed by atoms with Gasteiger partial charge in [0.1, 0.15) is 5.82 Å². The van der Waals surface area contributed by atoms with Crippen molar-refractivity contribution in [1.29, 1.82) is 0 Å². The molecule has 5 nitrogen and oxygen atoms in total. The summed E-state index contributed by atoms with van der Waals surface area (Å²) in [7, 11) is 0. The summed E-state index contributed by atoms with van der Waals surface area (Å²) in [6.45, 7) is 3.87. The number of anilines is 1. The molecule has 1 aromatic heterocycles. The summed E-state index contributed by atoms with van der Waals surface area (Å²) in [6.07, 6.45) is 0. The third-order valence-electron chi connectivity index (χ3n) is 3.63. The summed E-state index contributed by atoms with van der Waals surface area (Å²) in [5.74, 6) is 0.615. The van der Waals surface area contributed by atoms with Gasteiger partial charge < -0.3 is 5.32 Å². The van der Waals surface area contributed by atoms with Crippen LogP contribution in [0.25, 0.3) is 0 Å². The molecular weight excluding hydrogens is 357 g/mol. The predicted octanol–water partition coefficient (Wildman–Crippen LogP) is 3.84. The molecule has 1 unspecified atom stereocenters. The summed E-state index contributed by atoms with van der Waals surface area (Å²) in [5.41, 5.74) is 1.06. The van der Waals surface area contributed by atoms with Crippen LogP contribution < -0.4 is 10.9 Å². The molecule has 0 radical (unpaired) electrons. The van der Waals surface area contributed by atoms with E-state index in [9.17, 15) is 9.59 Å². The standard InChI is InChI=1S/C15H15Cl2N3O2S/c1-7(2)20-14-12(15(22)19-20)13(23-6-11(21)18-14)9-4-3-8(16)5-10(9)17/h3-5,7,13H,6H2,1-2H3,(H,18,21)(H,19,22). The van der Waals surface area contributed by atoms with Crippen LogP contribution in [0.15, 0.2) is 23.0 Å². The first-order valence-electron chi connectivity index (χ1n) is 7.09. The van der Waals surface area contributed by atoms with Gasteiger partial charge in [-0.2, -0.15) is 0 Å². The summed E-state index contributed by atoms with van der Waals surface area (Å²) in [6, 6.07) is 5.19. The number of hydrogen-bond donors (Lipinski definition) is 2. The van der Waals surface area contributed by atoms with Gasteiger partial charge in [-0.05, 0) is 31.5 Å². The number of H-pyrrole nitrogens is 1. The number of carbonyl (C=O) groups excluding carboxylic acids is 1. The molecule has 2 aromatic rings. The second-order valence-corrected chi connectivity index (χ2v) is 7.51. The van der Waals surface area contributed by atoms with Gasteiger partial charge in [0, 0.05) is 16.1 Å². The van der Waals surface area contributed by atoms with Gasteiger partial charge in [0.2, 0.25) is 5.91 Å². The molecule has 1 aliphatic rings. The van der Waals surface area contributed by atoms with Gasteiger partial charge in [0.15, 0.2) is 0 Å². The van der Waals surface area contributed by atoms with E-state index in [1.807, 2.05) is 13.8 Å². The minimum atomic E-state index is -0.336. The number of thioether (sulfide) groups is 1. The number of rotatable bonds is 2. The number of nitrogens with one attached hydrogen (secondary N) is 2. The predicted molar refractivity (Wildman–Crippen MR) is 94.8 cm³/mol. The van der Waals surface area contributed by atoms with E-state index in [0.29, 0.717) is 21.4 Å². The molecular formula is C15H15Cl2N3O2S. The fraction of sp³-hybridized carbons (Fsp3) is 0.333. The van der Waals surface area contributed by atoms with E-state index in [1.165, 1.54) is 11.8 Å². The summed E-state index contributed by atoms with van der Waals surface area (Å²) in [4.78, 5) is 24.5. The zero-order valence-electron chi connectivity index (χ0n) is 12.5. The van der Waals surface area contributed by atoms with Gasteiger partial charge in [0.25, 0.3) is 5.56 Å². The maximum absolute atomic E-state index is 12.5. The van der Waals surface area contributed by atoms with Gasteiger partial charge in [-0.3, -0.25) is 19.4 Å². The molecule has 1 aromatic carbocycles. The lowest BCUT2D eigenvalue weighted by Gasteiger charge is -2.16. The molecule has 0 fully saturated rings. The number of carbonyl (C=O) groups is 1. The highest BCUT2D eigenvalue weighted by Gasteiger charge is 2.31. The van der Waals surface area contributed by atoms with E-state index in [-0.39, 0.29) is 28.5 Å². The topological polar surface area (TPSA) is 66.9 Å². The summed E-state index contributed by atoms with van der Waals surface area (Å²) >= 11 is 13.7. The Labute approximate surface area is 147 Å². The maximum atomic E-state index is 12.5. The minimum Gasteiger partial charge on any atom is -0.310 e. The van der Waals surface area contributed by atoms with E-state index in [0.717, 1.165) is 5.56 Å². The van der Waals surface area contributed by atoms with E-state index in [1.54, 1.807) is 22.9 Å². The number of hydrogen-bond acceptors (Lipinski definition) is 3. The quantitative estimate of drug-likeness (QED) is 0.842. The Bertz CT molecular complexity index is 829. The van der Waals surface area contributed by atoms with Gasteiger partial charge in [-0.1, -0.05) is 29.3 Å². The molecule has 8 heteroatoms. The molecule has 0 saturated heterocycles. The van der Waals surface area contributed by atoms with E-state index >= 15 is 0 Å². The van der Waals surface area contributed by atoms with Crippen LogP contribution >= 0.6 is 35.0 Å². The number of nitrogens with zero attached hydrogens (tertiary/aromatic N) is 1. The van der Waals surface area contributed by atoms with Crippen molar-refractivity contribution < 1.29 is 4.79 Å². The van der Waals surface area contributed by atoms with E-state index in [4.69, 9.17) is 23.2 Å². The number of benzene rings is 1. The lowest BCUT2D eigenvalue weighted by molar-refractivity contribution is -0.113. The highest BCUT2D eigenvalue weighted by atomic mass is 35.5. The second kappa shape index (κ2) is 6.26. The average molecular weight is 372 g/mol. The molecule has 0 saturated carbocycles. The highest BCUT2D eigenvalue weighted by molar-refractivity contribution is 8.00. The van der Waals surface area contributed by atoms with E-state index in [2.05, 4.69) is 10.4 Å². The SMILES string of the molecule is CC(C)n1[nH]c(=O)c2c1NC(=O)CSC2c1ccc(Cl)cc1Cl. The normalized spacial score (nSPS) is 17.8. The van der Waals surface area contributed by atoms with Crippen LogP contribution in [0, 0.1) is 0 Å². The van der Waals surface area contributed by atoms with Crippen molar-refractivity contribution in [3.63, 3.8) is 0 Å². The van der Waals surface area contributed by atoms with Crippen LogP contribution in [0.3, 0.4) is 0 Å². The lowest BCUT2D eigenvalue weighted by Crippen LogP contribution is -2.17. The van der Waals surface area contributed by atoms with Crippen molar-refractivity contribution in [2.75, 3.05) is 11.1 Å². The smallest absolute Gasteiger partial charge is 0.270 e. The molecule has 0 spiro atoms. The van der Waals surface area contributed by atoms with Gasteiger partial charge >= 0.3 is 0 Å². The van der Waals surface area contributed by atoms with Crippen molar-refractivity contribution in [1.82, 2.24) is 9.78 Å². The zero-order chi connectivity index (χ0) is 16.7. The second-order valence-electron chi connectivity index (χ2n) is 5.57. The molecule has 0 aliphatic carbocycles. The van der Waals surface area contributed by atoms with Crippen LogP contribution in [-0.2, 0) is 4.79 Å². The van der Waals surface area contributed by atoms with Crippen molar-refractivity contribution in [2.45, 2.75) is 25.1 Å². The number of aromatic amines is 1. The fourth-order valence-corrected chi connectivity index (χ4v) is 4.33. The van der Waals surface area contributed by atoms with Crippen LogP contribution in [0.1, 0.15) is 36.3 Å². The Morgan fingerprint density at radius 3 is 2.70 bits per heavy atom. The Hall–Kier alpha value is -1.37. The van der Waals surface area contributed by atoms with Gasteiger partial charge in [-0.15, -0.1) is 11.8 Å². The lowest BCUT2D eigenvalue weighted by atomic mass is 10.1. The Kier molecular flexibility index (Phi) is 4.49. The van der Waals surface area contributed by atoms with E-state index < -0.39 is 0 Å². The van der Waals surface area contributed by atoms with Crippen LogP contribution in [0.4, 0.5) is 5.82 Å². The third-order valence-corrected chi connectivity index (χ3v) is 5.44. The Balaban J connectivity index is 2.21. The first-order chi connectivity index (χ1) is 10.9. The number of halogens is 2. The molecule has 1 aliphatic heterocycles. The summed E-state index contributed by atoms with van der Waals surface area (Å²) < 4.78 is 1.68. The number of fused-ring (bicyclic) bond motifs is 1. The van der Waals surface area contributed by atoms with Crippen molar-refractivity contribution in [2.24, 2.45) is 0 Å². The summed E-state index contributed by atoms with van der Waals surface area (Å²) in [5, 5.41) is 6.30. The van der Waals surface area contributed by atoms with Crippen molar-refractivity contribution in [3.8, 4) is 0 Å². The molecule has 122 valence electrons. The molecule has 3 rings (SSSR count). The average Bonchev–Trinajstić information content (AvgIpc) is 2.68. The molecule has 1 atom stereocenters. The van der Waals surface area contributed by atoms with Crippen molar-refractivity contribution in [3.05, 3.63) is 49.7 Å². The van der Waals surface area contributed by atoms with Crippen LogP contribution in [-0.4, -0.2) is 21.4 Å². The highest BCUT2D eigenvalue weighted by Crippen LogP contribution is 2.43. The largest absolute Gasteiger partial charge is 0.310 e. The molecule has 1 amide bonds. The Morgan fingerprint density at radius 2 is 2.04 bits per heavy atom. The molecule has 2 heterocycles. The first-order valence-corrected chi connectivity index (χ1v) is 8.89. The first kappa shape index (κ1) is 16.5. The van der Waals surface area contributed by atoms with Gasteiger partial charge in [-0.25, -0.2) is 0 Å². The van der Waals surface area contributed by atoms with Crippen LogP contribution in [0.5, 0.6) is 0 Å². The molecule has 2 N–H and O–H groups in total. The zero-order valence-corrected chi connectivity index (χ0v) is 14.9. The molecule has 0 bridgehead atoms. The monoisotopic (exact) mass is 371 g/mol. The maximum Gasteiger partial charge on any atom is 0.270 e. The number of aromatic nitrogens is 2. The number of amides is 1. The van der Waals surface area contributed by atoms with Crippen molar-refractivity contribution >= 4 is 46.7 Å². The Morgan fingerprint density at radius 1 is 1.30 bits per heavy atom. The third kappa shape index (κ3) is 3.03.